The molecule has 0 radical (unpaired) electrons. The molecule has 0 aliphatic carbocycles. The second-order valence-electron chi connectivity index (χ2n) is 7.60. The molecule has 0 bridgehead atoms. The van der Waals surface area contributed by atoms with E-state index < -0.39 is 0 Å². The van der Waals surface area contributed by atoms with Crippen molar-refractivity contribution in [3.8, 4) is 0 Å². The zero-order valence-electron chi connectivity index (χ0n) is 18.3. The first kappa shape index (κ1) is 21.1. The zero-order valence-corrected chi connectivity index (χ0v) is 18.3. The van der Waals surface area contributed by atoms with Crippen molar-refractivity contribution in [3.63, 3.8) is 0 Å². The standard InChI is InChI=1S/C26H26N6/c1-5-20-10-7-12-22-25(20)28-17-29-26(22)27-16-19-9-6-11-21(15-19)30-18(2)23-13-8-14-24(31-23)32(3)4/h5-15,17,30H,1-2,16H2,3-4H3,(H,27,28,29). The van der Waals surface area contributed by atoms with Crippen molar-refractivity contribution in [2.24, 2.45) is 0 Å². The van der Waals surface area contributed by atoms with Crippen LogP contribution < -0.4 is 15.5 Å². The van der Waals surface area contributed by atoms with Crippen LogP contribution in [0, 0.1) is 0 Å². The Hall–Kier alpha value is -4.19. The number of hydrogen-bond donors (Lipinski definition) is 2. The lowest BCUT2D eigenvalue weighted by molar-refractivity contribution is 1.06. The molecule has 0 fully saturated rings. The van der Waals surface area contributed by atoms with Crippen LogP contribution in [0.5, 0.6) is 0 Å². The van der Waals surface area contributed by atoms with Crippen LogP contribution >= 0.6 is 0 Å². The summed E-state index contributed by atoms with van der Waals surface area (Å²) in [5.41, 5.74) is 5.50. The van der Waals surface area contributed by atoms with E-state index >= 15 is 0 Å². The van der Waals surface area contributed by atoms with Crippen LogP contribution in [0.15, 0.2) is 80.1 Å². The molecule has 2 N–H and O–H groups in total. The van der Waals surface area contributed by atoms with Gasteiger partial charge in [-0.05, 0) is 35.9 Å². The summed E-state index contributed by atoms with van der Waals surface area (Å²) in [6.45, 7) is 8.66. The summed E-state index contributed by atoms with van der Waals surface area (Å²) in [6, 6.07) is 20.1. The molecule has 160 valence electrons. The van der Waals surface area contributed by atoms with Crippen LogP contribution in [0.1, 0.15) is 16.8 Å². The maximum atomic E-state index is 4.64. The van der Waals surface area contributed by atoms with Gasteiger partial charge in [0.15, 0.2) is 0 Å². The Morgan fingerprint density at radius 2 is 1.84 bits per heavy atom. The number of anilines is 3. The number of rotatable bonds is 8. The van der Waals surface area contributed by atoms with E-state index in [2.05, 4.69) is 50.9 Å². The number of hydrogen-bond acceptors (Lipinski definition) is 6. The number of nitrogens with zero attached hydrogens (tertiary/aromatic N) is 4. The summed E-state index contributed by atoms with van der Waals surface area (Å²) < 4.78 is 0. The van der Waals surface area contributed by atoms with E-state index in [4.69, 9.17) is 0 Å². The largest absolute Gasteiger partial charge is 0.365 e. The minimum Gasteiger partial charge on any atom is -0.365 e. The van der Waals surface area contributed by atoms with Gasteiger partial charge < -0.3 is 15.5 Å². The van der Waals surface area contributed by atoms with Gasteiger partial charge in [-0.15, -0.1) is 0 Å². The number of pyridine rings is 1. The summed E-state index contributed by atoms with van der Waals surface area (Å²) in [5.74, 6) is 1.69. The van der Waals surface area contributed by atoms with Gasteiger partial charge in [-0.2, -0.15) is 0 Å². The second kappa shape index (κ2) is 9.31. The fourth-order valence-electron chi connectivity index (χ4n) is 3.44. The molecule has 0 spiro atoms. The Labute approximate surface area is 188 Å². The maximum absolute atomic E-state index is 4.64. The van der Waals surface area contributed by atoms with Crippen molar-refractivity contribution in [1.29, 1.82) is 0 Å². The Kier molecular flexibility index (Phi) is 6.12. The van der Waals surface area contributed by atoms with Gasteiger partial charge in [-0.25, -0.2) is 15.0 Å². The normalized spacial score (nSPS) is 10.6. The molecule has 0 aliphatic heterocycles. The number of fused-ring (bicyclic) bond motifs is 1. The number of para-hydroxylation sites is 1. The molecular formula is C26H26N6. The predicted octanol–water partition coefficient (Wildman–Crippen LogP) is 5.43. The average Bonchev–Trinajstić information content (AvgIpc) is 2.82. The highest BCUT2D eigenvalue weighted by Crippen LogP contribution is 2.24. The smallest absolute Gasteiger partial charge is 0.137 e. The van der Waals surface area contributed by atoms with Crippen LogP contribution in [0.25, 0.3) is 22.7 Å². The Balaban J connectivity index is 1.48. The lowest BCUT2D eigenvalue weighted by Gasteiger charge is -2.15. The van der Waals surface area contributed by atoms with Gasteiger partial charge in [0, 0.05) is 37.3 Å². The SMILES string of the molecule is C=Cc1cccc2c(NCc3cccc(NC(=C)c4cccc(N(C)C)n4)c3)ncnc12. The van der Waals surface area contributed by atoms with Gasteiger partial charge in [0.25, 0.3) is 0 Å². The predicted molar refractivity (Wildman–Crippen MR) is 135 cm³/mol. The van der Waals surface area contributed by atoms with Crippen molar-refractivity contribution < 1.29 is 0 Å². The summed E-state index contributed by atoms with van der Waals surface area (Å²) in [7, 11) is 3.94. The zero-order chi connectivity index (χ0) is 22.5. The van der Waals surface area contributed by atoms with Crippen molar-refractivity contribution in [1.82, 2.24) is 15.0 Å². The quantitative estimate of drug-likeness (QED) is 0.395. The molecule has 0 aliphatic rings. The third-order valence-corrected chi connectivity index (χ3v) is 5.10. The average molecular weight is 423 g/mol. The molecule has 4 rings (SSSR count). The van der Waals surface area contributed by atoms with Crippen molar-refractivity contribution >= 4 is 40.0 Å². The molecular weight excluding hydrogens is 396 g/mol. The third kappa shape index (κ3) is 4.59. The number of benzene rings is 2. The Bertz CT molecular complexity index is 1280. The maximum Gasteiger partial charge on any atom is 0.137 e. The number of nitrogens with one attached hydrogen (secondary N) is 2. The summed E-state index contributed by atoms with van der Waals surface area (Å²) >= 11 is 0. The highest BCUT2D eigenvalue weighted by atomic mass is 15.1. The fourth-order valence-corrected chi connectivity index (χ4v) is 3.44. The first-order valence-corrected chi connectivity index (χ1v) is 10.3. The van der Waals surface area contributed by atoms with Gasteiger partial charge in [-0.3, -0.25) is 0 Å². The monoisotopic (exact) mass is 422 g/mol. The molecule has 6 nitrogen and oxygen atoms in total. The molecule has 2 heterocycles. The minimum atomic E-state index is 0.626. The summed E-state index contributed by atoms with van der Waals surface area (Å²) in [6.07, 6.45) is 3.39. The van der Waals surface area contributed by atoms with E-state index in [0.717, 1.165) is 50.7 Å². The molecule has 2 aromatic carbocycles. The molecule has 0 saturated carbocycles. The first-order chi connectivity index (χ1) is 15.5. The highest BCUT2D eigenvalue weighted by Gasteiger charge is 2.07. The summed E-state index contributed by atoms with van der Waals surface area (Å²) in [4.78, 5) is 15.5. The van der Waals surface area contributed by atoms with Gasteiger partial charge >= 0.3 is 0 Å². The van der Waals surface area contributed by atoms with Gasteiger partial charge in [0.1, 0.15) is 18.0 Å². The van der Waals surface area contributed by atoms with Crippen LogP contribution in [-0.4, -0.2) is 29.0 Å². The first-order valence-electron chi connectivity index (χ1n) is 10.3. The Morgan fingerprint density at radius 3 is 2.66 bits per heavy atom. The molecule has 32 heavy (non-hydrogen) atoms. The van der Waals surface area contributed by atoms with Gasteiger partial charge in [0.05, 0.1) is 16.9 Å². The van der Waals surface area contributed by atoms with Crippen LogP contribution in [0.4, 0.5) is 17.3 Å². The lowest BCUT2D eigenvalue weighted by atomic mass is 10.1. The topological polar surface area (TPSA) is 66.0 Å². The van der Waals surface area contributed by atoms with Crippen molar-refractivity contribution in [2.75, 3.05) is 29.6 Å². The molecule has 0 saturated heterocycles. The molecule has 0 atom stereocenters. The van der Waals surface area contributed by atoms with E-state index in [-0.39, 0.29) is 0 Å². The molecule has 0 amide bonds. The lowest BCUT2D eigenvalue weighted by Crippen LogP contribution is -2.11. The van der Waals surface area contributed by atoms with E-state index in [1.54, 1.807) is 6.33 Å². The molecule has 4 aromatic rings. The van der Waals surface area contributed by atoms with Crippen molar-refractivity contribution in [3.05, 3.63) is 97.0 Å². The minimum absolute atomic E-state index is 0.626. The van der Waals surface area contributed by atoms with Crippen LogP contribution in [0.3, 0.4) is 0 Å². The highest BCUT2D eigenvalue weighted by molar-refractivity contribution is 5.94. The fraction of sp³-hybridized carbons (Fsp3) is 0.115. The third-order valence-electron chi connectivity index (χ3n) is 5.10. The second-order valence-corrected chi connectivity index (χ2v) is 7.60. The van der Waals surface area contributed by atoms with Crippen molar-refractivity contribution in [2.45, 2.75) is 6.54 Å². The molecule has 0 unspecified atom stereocenters. The Morgan fingerprint density at radius 1 is 1.03 bits per heavy atom. The van der Waals surface area contributed by atoms with Gasteiger partial charge in [0.2, 0.25) is 0 Å². The van der Waals surface area contributed by atoms with E-state index in [1.165, 1.54) is 0 Å². The van der Waals surface area contributed by atoms with E-state index in [9.17, 15) is 0 Å². The van der Waals surface area contributed by atoms with E-state index in [0.29, 0.717) is 6.54 Å². The summed E-state index contributed by atoms with van der Waals surface area (Å²) in [5, 5.41) is 7.77. The molecule has 2 aromatic heterocycles. The number of aromatic nitrogens is 3. The van der Waals surface area contributed by atoms with Crippen LogP contribution in [0.2, 0.25) is 0 Å². The molecule has 6 heteroatoms. The van der Waals surface area contributed by atoms with Gasteiger partial charge in [-0.1, -0.05) is 49.6 Å². The van der Waals surface area contributed by atoms with E-state index in [1.807, 2.05) is 73.6 Å². The van der Waals surface area contributed by atoms with Crippen LogP contribution in [-0.2, 0) is 6.54 Å².